The van der Waals surface area contributed by atoms with Crippen molar-refractivity contribution in [1.29, 1.82) is 0 Å². The van der Waals surface area contributed by atoms with E-state index in [0.29, 0.717) is 53.7 Å². The van der Waals surface area contributed by atoms with E-state index in [9.17, 15) is 4.79 Å². The number of hydrogen-bond acceptors (Lipinski definition) is 10. The predicted octanol–water partition coefficient (Wildman–Crippen LogP) is 6.45. The molecular formula is C36H37ClFN9O2. The molecule has 8 rings (SSSR count). The Labute approximate surface area is 288 Å². The molecule has 4 aromatic rings. The Morgan fingerprint density at radius 3 is 2.71 bits per heavy atom. The molecule has 2 atom stereocenters. The van der Waals surface area contributed by atoms with Crippen LogP contribution < -0.4 is 9.64 Å². The van der Waals surface area contributed by atoms with Crippen LogP contribution in [0, 0.1) is 5.82 Å². The predicted molar refractivity (Wildman–Crippen MR) is 188 cm³/mol. The normalized spacial score (nSPS) is 21.7. The second-order valence-electron chi connectivity index (χ2n) is 13.4. The summed E-state index contributed by atoms with van der Waals surface area (Å²) >= 11 is 6.63. The summed E-state index contributed by atoms with van der Waals surface area (Å²) in [5, 5.41) is 10.5. The van der Waals surface area contributed by atoms with E-state index in [1.165, 1.54) is 6.08 Å². The fourth-order valence-corrected chi connectivity index (χ4v) is 8.12. The highest BCUT2D eigenvalue weighted by atomic mass is 35.5. The van der Waals surface area contributed by atoms with Gasteiger partial charge in [0.25, 0.3) is 0 Å². The van der Waals surface area contributed by atoms with Crippen LogP contribution in [0.3, 0.4) is 0 Å². The number of benzene rings is 2. The van der Waals surface area contributed by atoms with Crippen molar-refractivity contribution in [3.8, 4) is 17.3 Å². The van der Waals surface area contributed by atoms with E-state index in [0.717, 1.165) is 49.5 Å². The number of likely N-dealkylation sites (N-methyl/N-ethyl adjacent to an activating group) is 1. The maximum atomic E-state index is 16.8. The maximum absolute atomic E-state index is 16.8. The zero-order valence-corrected chi connectivity index (χ0v) is 28.3. The minimum absolute atomic E-state index is 0.0324. The van der Waals surface area contributed by atoms with Gasteiger partial charge in [0.1, 0.15) is 23.6 Å². The van der Waals surface area contributed by atoms with E-state index >= 15 is 4.39 Å². The van der Waals surface area contributed by atoms with Gasteiger partial charge in [-0.2, -0.15) is 15.1 Å². The van der Waals surface area contributed by atoms with Gasteiger partial charge in [-0.25, -0.2) is 9.38 Å². The van der Waals surface area contributed by atoms with Gasteiger partial charge in [-0.3, -0.25) is 14.7 Å². The summed E-state index contributed by atoms with van der Waals surface area (Å²) in [4.78, 5) is 37.8. The Morgan fingerprint density at radius 2 is 1.94 bits per heavy atom. The van der Waals surface area contributed by atoms with E-state index in [1.807, 2.05) is 49.2 Å². The highest BCUT2D eigenvalue weighted by Crippen LogP contribution is 2.40. The van der Waals surface area contributed by atoms with Crippen LogP contribution in [0.5, 0.6) is 6.01 Å². The van der Waals surface area contributed by atoms with Crippen molar-refractivity contribution in [2.24, 2.45) is 15.2 Å². The second kappa shape index (κ2) is 12.7. The fourth-order valence-electron chi connectivity index (χ4n) is 7.84. The lowest BCUT2D eigenvalue weighted by Gasteiger charge is -2.31. The number of ether oxygens (including phenoxy) is 1. The first-order chi connectivity index (χ1) is 23.8. The molecule has 4 aliphatic rings. The lowest BCUT2D eigenvalue weighted by Crippen LogP contribution is -2.43. The number of amides is 1. The molecule has 0 aliphatic carbocycles. The number of aromatic nitrogens is 3. The van der Waals surface area contributed by atoms with Gasteiger partial charge >= 0.3 is 6.01 Å². The fraction of sp³-hybridized carbons (Fsp3) is 0.417. The summed E-state index contributed by atoms with van der Waals surface area (Å²) in [5.41, 5.74) is 0.839. The number of pyridine rings is 1. The molecule has 2 aromatic carbocycles. The van der Waals surface area contributed by atoms with Gasteiger partial charge in [-0.15, -0.1) is 5.11 Å². The van der Waals surface area contributed by atoms with Crippen molar-refractivity contribution in [2.75, 3.05) is 44.7 Å². The SMILES string of the molecule is CC1N=NC(/C=C/C(=O)N2CC[C@@H](N(C)c3nc(OCC45CCCN4CCC5)nc4c(F)c(-c5cccc6cccc(Cl)c56)ncc34)C2)=N1. The summed E-state index contributed by atoms with van der Waals surface area (Å²) in [6.45, 7) is 5.44. The number of carbonyl (C=O) groups excluding carboxylic acids is 1. The molecule has 0 spiro atoms. The van der Waals surface area contributed by atoms with Crippen LogP contribution in [0.2, 0.25) is 5.02 Å². The van der Waals surface area contributed by atoms with E-state index in [4.69, 9.17) is 21.3 Å². The van der Waals surface area contributed by atoms with Crippen LogP contribution in [0.1, 0.15) is 39.0 Å². The summed E-state index contributed by atoms with van der Waals surface area (Å²) in [5.74, 6) is 0.243. The van der Waals surface area contributed by atoms with Gasteiger partial charge in [0.2, 0.25) is 5.91 Å². The number of hydrogen-bond donors (Lipinski definition) is 0. The molecule has 3 fully saturated rings. The van der Waals surface area contributed by atoms with Gasteiger partial charge in [0.05, 0.1) is 10.9 Å². The average Bonchev–Trinajstić information content (AvgIpc) is 3.91. The standard InChI is InChI=1S/C36H37ClFN9O2/c1-22-40-28(44-43-22)11-12-29(48)46-18-13-24(20-46)45(2)34-26-19-39-32(25-9-3-7-23-8-4-10-27(37)30(23)25)31(38)33(26)41-35(42-34)49-21-36-14-5-16-47(36)17-6-15-36/h3-4,7-12,19,22,24H,5-6,13-18,20-21H2,1-2H3/b12-11+/t22?,24-/m1/s1. The Balaban J connectivity index is 1.14. The molecule has 0 N–H and O–H groups in total. The number of aliphatic imine (C=N–C) groups is 1. The molecule has 0 saturated carbocycles. The average molecular weight is 682 g/mol. The van der Waals surface area contributed by atoms with Crippen molar-refractivity contribution in [2.45, 2.75) is 56.8 Å². The van der Waals surface area contributed by atoms with Crippen LogP contribution >= 0.6 is 11.6 Å². The highest BCUT2D eigenvalue weighted by molar-refractivity contribution is 6.36. The van der Waals surface area contributed by atoms with Gasteiger partial charge < -0.3 is 14.5 Å². The van der Waals surface area contributed by atoms with Gasteiger partial charge in [0, 0.05) is 54.4 Å². The molecule has 3 saturated heterocycles. The maximum Gasteiger partial charge on any atom is 0.319 e. The van der Waals surface area contributed by atoms with Crippen molar-refractivity contribution >= 4 is 50.8 Å². The monoisotopic (exact) mass is 681 g/mol. The molecule has 1 amide bonds. The Bertz CT molecular complexity index is 2040. The summed E-state index contributed by atoms with van der Waals surface area (Å²) in [7, 11) is 1.92. The van der Waals surface area contributed by atoms with Crippen LogP contribution in [0.4, 0.5) is 10.2 Å². The Morgan fingerprint density at radius 1 is 1.14 bits per heavy atom. The molecule has 4 aliphatic heterocycles. The topological polar surface area (TPSA) is 112 Å². The third-order valence-corrected chi connectivity index (χ3v) is 10.7. The van der Waals surface area contributed by atoms with Gasteiger partial charge in [0.15, 0.2) is 17.8 Å². The van der Waals surface area contributed by atoms with Crippen LogP contribution in [0.15, 0.2) is 70.0 Å². The third kappa shape index (κ3) is 5.80. The molecule has 0 radical (unpaired) electrons. The van der Waals surface area contributed by atoms with Crippen LogP contribution in [0.25, 0.3) is 32.9 Å². The minimum atomic E-state index is -0.567. The Hall–Kier alpha value is -4.55. The number of halogens is 2. The van der Waals surface area contributed by atoms with Crippen LogP contribution in [-0.4, -0.2) is 94.1 Å². The molecule has 1 unspecified atom stereocenters. The van der Waals surface area contributed by atoms with Crippen molar-refractivity contribution < 1.29 is 13.9 Å². The largest absolute Gasteiger partial charge is 0.461 e. The zero-order valence-electron chi connectivity index (χ0n) is 27.5. The highest BCUT2D eigenvalue weighted by Gasteiger charge is 2.45. The summed E-state index contributed by atoms with van der Waals surface area (Å²) in [6, 6.07) is 11.3. The first-order valence-corrected chi connectivity index (χ1v) is 17.3. The van der Waals surface area contributed by atoms with E-state index in [-0.39, 0.29) is 40.9 Å². The lowest BCUT2D eigenvalue weighted by atomic mass is 9.95. The second-order valence-corrected chi connectivity index (χ2v) is 13.8. The first kappa shape index (κ1) is 31.7. The number of carbonyl (C=O) groups is 1. The number of likely N-dealkylation sites (tertiary alicyclic amines) is 1. The molecule has 11 nitrogen and oxygen atoms in total. The molecule has 13 heteroatoms. The van der Waals surface area contributed by atoms with Crippen molar-refractivity contribution in [3.63, 3.8) is 0 Å². The van der Waals surface area contributed by atoms with E-state index in [2.05, 4.69) is 30.1 Å². The number of amidine groups is 1. The Kier molecular flexibility index (Phi) is 8.23. The molecule has 2 aromatic heterocycles. The van der Waals surface area contributed by atoms with E-state index < -0.39 is 5.82 Å². The smallest absolute Gasteiger partial charge is 0.319 e. The number of anilines is 1. The summed E-state index contributed by atoms with van der Waals surface area (Å²) < 4.78 is 23.2. The molecule has 0 bridgehead atoms. The van der Waals surface area contributed by atoms with Crippen molar-refractivity contribution in [1.82, 2.24) is 24.8 Å². The minimum Gasteiger partial charge on any atom is -0.461 e. The first-order valence-electron chi connectivity index (χ1n) is 16.9. The summed E-state index contributed by atoms with van der Waals surface area (Å²) in [6.07, 6.45) is 9.58. The third-order valence-electron chi connectivity index (χ3n) is 10.4. The van der Waals surface area contributed by atoms with Crippen LogP contribution in [-0.2, 0) is 4.79 Å². The molecular weight excluding hydrogens is 645 g/mol. The number of fused-ring (bicyclic) bond motifs is 3. The molecule has 49 heavy (non-hydrogen) atoms. The quantitative estimate of drug-likeness (QED) is 0.197. The number of azo groups is 1. The molecule has 6 heterocycles. The van der Waals surface area contributed by atoms with Crippen molar-refractivity contribution in [3.05, 3.63) is 65.6 Å². The number of rotatable bonds is 8. The lowest BCUT2D eigenvalue weighted by molar-refractivity contribution is -0.125. The number of nitrogens with zero attached hydrogens (tertiary/aromatic N) is 9. The zero-order chi connectivity index (χ0) is 33.7. The molecule has 252 valence electrons. The van der Waals surface area contributed by atoms with E-state index in [1.54, 1.807) is 23.2 Å². The van der Waals surface area contributed by atoms with Gasteiger partial charge in [-0.1, -0.05) is 41.9 Å². The van der Waals surface area contributed by atoms with Gasteiger partial charge in [-0.05, 0) is 69.6 Å².